The lowest BCUT2D eigenvalue weighted by Gasteiger charge is -2.30. The summed E-state index contributed by atoms with van der Waals surface area (Å²) in [5.41, 5.74) is 2.25. The Morgan fingerprint density at radius 3 is 2.78 bits per heavy atom. The smallest absolute Gasteiger partial charge is 0.286 e. The minimum atomic E-state index is -3.74. The van der Waals surface area contributed by atoms with Gasteiger partial charge in [0, 0.05) is 12.8 Å². The van der Waals surface area contributed by atoms with E-state index in [0.29, 0.717) is 29.5 Å². The number of benzene rings is 2. The second kappa shape index (κ2) is 7.97. The molecule has 7 nitrogen and oxygen atoms in total. The van der Waals surface area contributed by atoms with E-state index in [4.69, 9.17) is 0 Å². The molecule has 0 unspecified atom stereocenters. The number of amides is 1. The lowest BCUT2D eigenvalue weighted by atomic mass is 9.78. The molecule has 2 heterocycles. The molecule has 3 aromatic rings. The van der Waals surface area contributed by atoms with Crippen molar-refractivity contribution in [3.63, 3.8) is 0 Å². The van der Waals surface area contributed by atoms with Crippen LogP contribution in [-0.4, -0.2) is 25.1 Å². The van der Waals surface area contributed by atoms with E-state index in [1.807, 2.05) is 19.1 Å². The van der Waals surface area contributed by atoms with Gasteiger partial charge in [-0.05, 0) is 55.0 Å². The van der Waals surface area contributed by atoms with Crippen LogP contribution in [0, 0.1) is 12.3 Å². The molecule has 166 valence electrons. The first-order chi connectivity index (χ1) is 15.3. The maximum atomic E-state index is 13.0. The third-order valence-corrected chi connectivity index (χ3v) is 8.51. The maximum Gasteiger partial charge on any atom is 0.286 e. The maximum absolute atomic E-state index is 13.0. The van der Waals surface area contributed by atoms with Crippen LogP contribution < -0.4 is 10.6 Å². The zero-order valence-electron chi connectivity index (χ0n) is 17.7. The summed E-state index contributed by atoms with van der Waals surface area (Å²) >= 11 is 1.47. The third-order valence-electron chi connectivity index (χ3n) is 6.21. The van der Waals surface area contributed by atoms with Crippen LogP contribution in [0.1, 0.15) is 44.1 Å². The summed E-state index contributed by atoms with van der Waals surface area (Å²) in [6.07, 6.45) is 4.50. The third kappa shape index (κ3) is 4.14. The largest absolute Gasteiger partial charge is 0.342 e. The summed E-state index contributed by atoms with van der Waals surface area (Å²) in [5, 5.41) is 6.73. The molecule has 9 heteroatoms. The van der Waals surface area contributed by atoms with Gasteiger partial charge >= 0.3 is 0 Å². The summed E-state index contributed by atoms with van der Waals surface area (Å²) in [6, 6.07) is 12.8. The van der Waals surface area contributed by atoms with Crippen LogP contribution in [0.25, 0.3) is 10.2 Å². The molecule has 5 rings (SSSR count). The topological polar surface area (TPSA) is 101 Å². The molecule has 0 spiro atoms. The number of sulfonamides is 1. The van der Waals surface area contributed by atoms with Gasteiger partial charge in [-0.15, -0.1) is 4.40 Å². The Hall–Kier alpha value is -2.78. The molecule has 0 radical (unpaired) electrons. The fraction of sp³-hybridized carbons (Fsp3) is 0.348. The lowest BCUT2D eigenvalue weighted by molar-refractivity contribution is -0.118. The molecule has 1 amide bonds. The first kappa shape index (κ1) is 21.1. The lowest BCUT2D eigenvalue weighted by Crippen LogP contribution is -2.32. The Balaban J connectivity index is 1.34. The van der Waals surface area contributed by atoms with Crippen molar-refractivity contribution in [3.8, 4) is 0 Å². The number of amidine groups is 1. The molecule has 1 aliphatic heterocycles. The van der Waals surface area contributed by atoms with Crippen LogP contribution in [0.3, 0.4) is 0 Å². The fourth-order valence-corrected chi connectivity index (χ4v) is 6.86. The summed E-state index contributed by atoms with van der Waals surface area (Å²) in [4.78, 5) is 17.7. The van der Waals surface area contributed by atoms with E-state index in [1.165, 1.54) is 11.3 Å². The molecule has 0 bridgehead atoms. The average molecular weight is 469 g/mol. The summed E-state index contributed by atoms with van der Waals surface area (Å²) in [6.45, 7) is 2.03. The Labute approximate surface area is 191 Å². The number of hydrogen-bond acceptors (Lipinski definition) is 6. The van der Waals surface area contributed by atoms with E-state index < -0.39 is 10.0 Å². The molecule has 2 aromatic carbocycles. The summed E-state index contributed by atoms with van der Waals surface area (Å²) < 4.78 is 30.3. The average Bonchev–Trinajstić information content (AvgIpc) is 3.33. The first-order valence-corrected chi connectivity index (χ1v) is 12.9. The van der Waals surface area contributed by atoms with Gasteiger partial charge in [-0.3, -0.25) is 4.79 Å². The van der Waals surface area contributed by atoms with E-state index in [0.717, 1.165) is 41.5 Å². The number of thiazole rings is 1. The molecule has 2 aliphatic rings. The highest BCUT2D eigenvalue weighted by molar-refractivity contribution is 7.90. The molecule has 0 atom stereocenters. The Kier molecular flexibility index (Phi) is 5.25. The van der Waals surface area contributed by atoms with Crippen molar-refractivity contribution in [2.45, 2.75) is 50.3 Å². The predicted molar refractivity (Wildman–Crippen MR) is 128 cm³/mol. The van der Waals surface area contributed by atoms with E-state index in [1.54, 1.807) is 24.3 Å². The zero-order valence-corrected chi connectivity index (χ0v) is 19.4. The van der Waals surface area contributed by atoms with Crippen molar-refractivity contribution in [2.75, 3.05) is 10.6 Å². The molecule has 1 aromatic heterocycles. The summed E-state index contributed by atoms with van der Waals surface area (Å²) in [7, 11) is -3.74. The Bertz CT molecular complexity index is 1340. The number of para-hydroxylation sites is 1. The van der Waals surface area contributed by atoms with E-state index >= 15 is 0 Å². The number of fused-ring (bicyclic) bond motifs is 2. The molecule has 1 saturated carbocycles. The SMILES string of the molecule is Cc1ccc2nc(NC(=O)CC3(CC4=NS(=O)(=O)c5ccccc5N4)CCCC3)sc2c1. The van der Waals surface area contributed by atoms with Crippen molar-refractivity contribution in [2.24, 2.45) is 9.81 Å². The second-order valence-corrected chi connectivity index (χ2v) is 11.3. The van der Waals surface area contributed by atoms with Gasteiger partial charge in [-0.2, -0.15) is 8.42 Å². The zero-order chi connectivity index (χ0) is 22.3. The van der Waals surface area contributed by atoms with E-state index in [-0.39, 0.29) is 16.2 Å². The van der Waals surface area contributed by atoms with Gasteiger partial charge in [0.05, 0.1) is 15.9 Å². The number of anilines is 2. The molecular weight excluding hydrogens is 444 g/mol. The van der Waals surface area contributed by atoms with Gasteiger partial charge in [0.2, 0.25) is 5.91 Å². The predicted octanol–water partition coefficient (Wildman–Crippen LogP) is 5.10. The molecule has 0 saturated heterocycles. The number of rotatable bonds is 5. The monoisotopic (exact) mass is 468 g/mol. The second-order valence-electron chi connectivity index (χ2n) is 8.73. The van der Waals surface area contributed by atoms with Gasteiger partial charge in [0.1, 0.15) is 10.7 Å². The molecule has 2 N–H and O–H groups in total. The van der Waals surface area contributed by atoms with E-state index in [2.05, 4.69) is 26.1 Å². The summed E-state index contributed by atoms with van der Waals surface area (Å²) in [5.74, 6) is 0.316. The van der Waals surface area contributed by atoms with Crippen LogP contribution in [0.2, 0.25) is 0 Å². The highest BCUT2D eigenvalue weighted by Gasteiger charge is 2.39. The van der Waals surface area contributed by atoms with Crippen molar-refractivity contribution >= 4 is 54.1 Å². The molecule has 1 aliphatic carbocycles. The van der Waals surface area contributed by atoms with Crippen molar-refractivity contribution in [1.29, 1.82) is 0 Å². The van der Waals surface area contributed by atoms with Gasteiger partial charge in [-0.1, -0.05) is 42.4 Å². The van der Waals surface area contributed by atoms with Crippen LogP contribution >= 0.6 is 11.3 Å². The number of aryl methyl sites for hydroxylation is 1. The van der Waals surface area contributed by atoms with Gasteiger partial charge in [0.15, 0.2) is 5.13 Å². The van der Waals surface area contributed by atoms with Gasteiger partial charge < -0.3 is 10.6 Å². The molecular formula is C23H24N4O3S2. The molecule has 32 heavy (non-hydrogen) atoms. The number of hydrogen-bond donors (Lipinski definition) is 2. The number of nitrogens with one attached hydrogen (secondary N) is 2. The van der Waals surface area contributed by atoms with Crippen molar-refractivity contribution in [1.82, 2.24) is 4.98 Å². The number of nitrogens with zero attached hydrogens (tertiary/aromatic N) is 2. The Morgan fingerprint density at radius 2 is 1.97 bits per heavy atom. The number of carbonyl (C=O) groups excluding carboxylic acids is 1. The highest BCUT2D eigenvalue weighted by atomic mass is 32.2. The van der Waals surface area contributed by atoms with Gasteiger partial charge in [-0.25, -0.2) is 4.98 Å². The van der Waals surface area contributed by atoms with Crippen molar-refractivity contribution < 1.29 is 13.2 Å². The molecule has 1 fully saturated rings. The van der Waals surface area contributed by atoms with Crippen LogP contribution in [-0.2, 0) is 14.8 Å². The quantitative estimate of drug-likeness (QED) is 0.543. The van der Waals surface area contributed by atoms with Crippen LogP contribution in [0.5, 0.6) is 0 Å². The first-order valence-electron chi connectivity index (χ1n) is 10.7. The number of aromatic nitrogens is 1. The van der Waals surface area contributed by atoms with Crippen molar-refractivity contribution in [3.05, 3.63) is 48.0 Å². The standard InChI is InChI=1S/C23H24N4O3S2/c1-15-8-9-16-18(12-15)31-22(25-16)26-21(28)14-23(10-4-5-11-23)13-20-24-17-6-2-3-7-19(17)32(29,30)27-20/h2-3,6-9,12H,4-5,10-11,13-14H2,1H3,(H,24,27)(H,25,26,28). The van der Waals surface area contributed by atoms with E-state index in [9.17, 15) is 13.2 Å². The number of carbonyl (C=O) groups is 1. The normalized spacial score (nSPS) is 18.6. The van der Waals surface area contributed by atoms with Crippen LogP contribution in [0.15, 0.2) is 51.8 Å². The highest BCUT2D eigenvalue weighted by Crippen LogP contribution is 2.45. The van der Waals surface area contributed by atoms with Gasteiger partial charge in [0.25, 0.3) is 10.0 Å². The Morgan fingerprint density at radius 1 is 1.19 bits per heavy atom. The minimum Gasteiger partial charge on any atom is -0.342 e. The minimum absolute atomic E-state index is 0.0951. The van der Waals surface area contributed by atoms with Crippen LogP contribution in [0.4, 0.5) is 10.8 Å². The fourth-order valence-electron chi connectivity index (χ4n) is 4.73.